The van der Waals surface area contributed by atoms with E-state index in [9.17, 15) is 4.79 Å². The van der Waals surface area contributed by atoms with Crippen LogP contribution in [0, 0.1) is 12.8 Å². The lowest BCUT2D eigenvalue weighted by Crippen LogP contribution is -2.32. The van der Waals surface area contributed by atoms with Gasteiger partial charge < -0.3 is 15.1 Å². The lowest BCUT2D eigenvalue weighted by molar-refractivity contribution is 0.0946. The summed E-state index contributed by atoms with van der Waals surface area (Å²) in [5, 5.41) is 5.94. The molecular formula is C11H19ClN2O2. The van der Waals surface area contributed by atoms with E-state index < -0.39 is 0 Å². The molecule has 4 nitrogen and oxygen atoms in total. The summed E-state index contributed by atoms with van der Waals surface area (Å²) in [6.45, 7) is 5.43. The second-order valence-electron chi connectivity index (χ2n) is 3.76. The zero-order valence-corrected chi connectivity index (χ0v) is 10.7. The third-order valence-corrected chi connectivity index (χ3v) is 2.27. The van der Waals surface area contributed by atoms with Gasteiger partial charge in [0.25, 0.3) is 5.91 Å². The van der Waals surface area contributed by atoms with Gasteiger partial charge in [-0.2, -0.15) is 0 Å². The highest BCUT2D eigenvalue weighted by molar-refractivity contribution is 5.94. The summed E-state index contributed by atoms with van der Waals surface area (Å²) in [6.07, 6.45) is 1.53. The van der Waals surface area contributed by atoms with Crippen molar-refractivity contribution >= 4 is 18.3 Å². The third-order valence-electron chi connectivity index (χ3n) is 2.27. The highest BCUT2D eigenvalue weighted by Gasteiger charge is 2.11. The maximum absolute atomic E-state index is 11.6. The molecular weight excluding hydrogens is 228 g/mol. The molecule has 5 heteroatoms. The van der Waals surface area contributed by atoms with Crippen molar-refractivity contribution in [1.82, 2.24) is 10.6 Å². The summed E-state index contributed by atoms with van der Waals surface area (Å²) < 4.78 is 5.07. The van der Waals surface area contributed by atoms with Crippen LogP contribution in [-0.2, 0) is 0 Å². The molecule has 2 N–H and O–H groups in total. The number of carbonyl (C=O) groups is 1. The molecule has 1 atom stereocenters. The highest BCUT2D eigenvalue weighted by Crippen LogP contribution is 2.08. The first-order valence-corrected chi connectivity index (χ1v) is 5.12. The van der Waals surface area contributed by atoms with E-state index in [4.69, 9.17) is 4.42 Å². The minimum atomic E-state index is -0.0656. The van der Waals surface area contributed by atoms with Crippen molar-refractivity contribution in [2.75, 3.05) is 20.1 Å². The quantitative estimate of drug-likeness (QED) is 0.830. The number of nitrogens with one attached hydrogen (secondary N) is 2. The smallest absolute Gasteiger partial charge is 0.254 e. The van der Waals surface area contributed by atoms with Gasteiger partial charge in [0.05, 0.1) is 11.8 Å². The van der Waals surface area contributed by atoms with Crippen molar-refractivity contribution in [3.63, 3.8) is 0 Å². The van der Waals surface area contributed by atoms with Gasteiger partial charge in [0.15, 0.2) is 0 Å². The van der Waals surface area contributed by atoms with Crippen molar-refractivity contribution in [3.05, 3.63) is 23.7 Å². The van der Waals surface area contributed by atoms with Crippen LogP contribution in [0.1, 0.15) is 23.0 Å². The van der Waals surface area contributed by atoms with Gasteiger partial charge in [-0.25, -0.2) is 0 Å². The Morgan fingerprint density at radius 3 is 2.69 bits per heavy atom. The van der Waals surface area contributed by atoms with E-state index in [1.165, 1.54) is 6.26 Å². The maximum Gasteiger partial charge on any atom is 0.254 e. The average Bonchev–Trinajstić information content (AvgIpc) is 2.61. The molecule has 0 fully saturated rings. The Kier molecular flexibility index (Phi) is 6.85. The largest absolute Gasteiger partial charge is 0.469 e. The van der Waals surface area contributed by atoms with E-state index in [2.05, 4.69) is 17.6 Å². The Balaban J connectivity index is 0.00000225. The van der Waals surface area contributed by atoms with Gasteiger partial charge in [-0.05, 0) is 32.5 Å². The number of aryl methyl sites for hydroxylation is 1. The number of carbonyl (C=O) groups excluding carboxylic acids is 1. The molecule has 0 radical (unpaired) electrons. The first-order chi connectivity index (χ1) is 7.15. The number of hydrogen-bond donors (Lipinski definition) is 2. The van der Waals surface area contributed by atoms with Crippen LogP contribution < -0.4 is 10.6 Å². The lowest BCUT2D eigenvalue weighted by atomic mass is 10.1. The SMILES string of the molecule is CNCC(C)CNC(=O)c1ccoc1C.Cl. The normalized spacial score (nSPS) is 11.7. The molecule has 1 amide bonds. The minimum absolute atomic E-state index is 0. The van der Waals surface area contributed by atoms with Crippen LogP contribution in [0.2, 0.25) is 0 Å². The van der Waals surface area contributed by atoms with E-state index in [1.807, 2.05) is 7.05 Å². The molecule has 1 aromatic rings. The van der Waals surface area contributed by atoms with E-state index in [-0.39, 0.29) is 18.3 Å². The maximum atomic E-state index is 11.6. The molecule has 1 aromatic heterocycles. The van der Waals surface area contributed by atoms with Crippen LogP contribution in [-0.4, -0.2) is 26.0 Å². The molecule has 0 bridgehead atoms. The van der Waals surface area contributed by atoms with Crippen LogP contribution >= 0.6 is 12.4 Å². The van der Waals surface area contributed by atoms with Crippen molar-refractivity contribution in [2.24, 2.45) is 5.92 Å². The molecule has 0 aliphatic heterocycles. The fourth-order valence-electron chi connectivity index (χ4n) is 1.40. The predicted molar refractivity (Wildman–Crippen MR) is 66.1 cm³/mol. The third kappa shape index (κ3) is 4.24. The summed E-state index contributed by atoms with van der Waals surface area (Å²) in [5.74, 6) is 1.02. The summed E-state index contributed by atoms with van der Waals surface area (Å²) >= 11 is 0. The van der Waals surface area contributed by atoms with Crippen molar-refractivity contribution < 1.29 is 9.21 Å². The fourth-order valence-corrected chi connectivity index (χ4v) is 1.40. The monoisotopic (exact) mass is 246 g/mol. The van der Waals surface area contributed by atoms with Gasteiger partial charge in [0.2, 0.25) is 0 Å². The average molecular weight is 247 g/mol. The van der Waals surface area contributed by atoms with Crippen LogP contribution in [0.3, 0.4) is 0 Å². The number of halogens is 1. The molecule has 92 valence electrons. The van der Waals surface area contributed by atoms with Crippen LogP contribution in [0.25, 0.3) is 0 Å². The first-order valence-electron chi connectivity index (χ1n) is 5.12. The Bertz CT molecular complexity index is 326. The Morgan fingerprint density at radius 2 is 2.19 bits per heavy atom. The topological polar surface area (TPSA) is 54.3 Å². The second-order valence-corrected chi connectivity index (χ2v) is 3.76. The van der Waals surface area contributed by atoms with Gasteiger partial charge in [-0.1, -0.05) is 6.92 Å². The number of amides is 1. The summed E-state index contributed by atoms with van der Waals surface area (Å²) in [5.41, 5.74) is 0.617. The van der Waals surface area contributed by atoms with E-state index in [0.29, 0.717) is 23.8 Å². The Morgan fingerprint density at radius 1 is 1.50 bits per heavy atom. The molecule has 16 heavy (non-hydrogen) atoms. The lowest BCUT2D eigenvalue weighted by Gasteiger charge is -2.11. The Labute approximate surface area is 102 Å². The molecule has 1 heterocycles. The summed E-state index contributed by atoms with van der Waals surface area (Å²) in [7, 11) is 1.90. The molecule has 0 aromatic carbocycles. The molecule has 1 unspecified atom stereocenters. The van der Waals surface area contributed by atoms with Crippen molar-refractivity contribution in [3.8, 4) is 0 Å². The van der Waals surface area contributed by atoms with Gasteiger partial charge >= 0.3 is 0 Å². The first kappa shape index (κ1) is 15.0. The number of rotatable bonds is 5. The molecule has 0 aliphatic rings. The standard InChI is InChI=1S/C11H18N2O2.ClH/c1-8(6-12-3)7-13-11(14)10-4-5-15-9(10)2;/h4-5,8,12H,6-7H2,1-3H3,(H,13,14);1H. The van der Waals surface area contributed by atoms with Gasteiger partial charge in [-0.3, -0.25) is 4.79 Å². The fraction of sp³-hybridized carbons (Fsp3) is 0.545. The van der Waals surface area contributed by atoms with Crippen LogP contribution in [0.15, 0.2) is 16.7 Å². The van der Waals surface area contributed by atoms with Crippen LogP contribution in [0.4, 0.5) is 0 Å². The minimum Gasteiger partial charge on any atom is -0.469 e. The van der Waals surface area contributed by atoms with Gasteiger partial charge in [0, 0.05) is 6.54 Å². The molecule has 0 saturated heterocycles. The van der Waals surface area contributed by atoms with E-state index >= 15 is 0 Å². The molecule has 0 aliphatic carbocycles. The van der Waals surface area contributed by atoms with Gasteiger partial charge in [-0.15, -0.1) is 12.4 Å². The number of furan rings is 1. The summed E-state index contributed by atoms with van der Waals surface area (Å²) in [4.78, 5) is 11.6. The van der Waals surface area contributed by atoms with E-state index in [0.717, 1.165) is 6.54 Å². The van der Waals surface area contributed by atoms with Gasteiger partial charge in [0.1, 0.15) is 5.76 Å². The Hall–Kier alpha value is -1.00. The van der Waals surface area contributed by atoms with Crippen LogP contribution in [0.5, 0.6) is 0 Å². The number of hydrogen-bond acceptors (Lipinski definition) is 3. The predicted octanol–water partition coefficient (Wildman–Crippen LogP) is 1.60. The zero-order valence-electron chi connectivity index (χ0n) is 9.87. The zero-order chi connectivity index (χ0) is 11.3. The summed E-state index contributed by atoms with van der Waals surface area (Å²) in [6, 6.07) is 1.69. The molecule has 0 spiro atoms. The molecule has 0 saturated carbocycles. The van der Waals surface area contributed by atoms with Crippen molar-refractivity contribution in [2.45, 2.75) is 13.8 Å². The second kappa shape index (κ2) is 7.30. The molecule has 1 rings (SSSR count). The van der Waals surface area contributed by atoms with E-state index in [1.54, 1.807) is 13.0 Å². The van der Waals surface area contributed by atoms with Crippen molar-refractivity contribution in [1.29, 1.82) is 0 Å². The highest BCUT2D eigenvalue weighted by atomic mass is 35.5.